The lowest BCUT2D eigenvalue weighted by Gasteiger charge is -1.77. The summed E-state index contributed by atoms with van der Waals surface area (Å²) in [5.74, 6) is 0. The van der Waals surface area contributed by atoms with Gasteiger partial charge in [-0.2, -0.15) is 0 Å². The first-order valence-electron chi connectivity index (χ1n) is 3.36. The highest BCUT2D eigenvalue weighted by Gasteiger charge is 1.77. The summed E-state index contributed by atoms with van der Waals surface area (Å²) < 4.78 is 0. The summed E-state index contributed by atoms with van der Waals surface area (Å²) in [7, 11) is 0. The van der Waals surface area contributed by atoms with E-state index in [0.29, 0.717) is 0 Å². The molecule has 0 aliphatic carbocycles. The van der Waals surface area contributed by atoms with Gasteiger partial charge in [0.05, 0.1) is 0 Å². The Balaban J connectivity index is 0. The Kier molecular flexibility index (Phi) is 14.6. The Hall–Kier alpha value is -0.120. The second kappa shape index (κ2) is 11.6. The predicted molar refractivity (Wildman–Crippen MR) is 46.2 cm³/mol. The fourth-order valence-electron chi connectivity index (χ4n) is 0.134. The molecule has 0 aliphatic heterocycles. The lowest BCUT2D eigenvalue weighted by Crippen LogP contribution is -1.92. The number of hydrogen-bond donors (Lipinski definition) is 0. The molecule has 0 atom stereocenters. The van der Waals surface area contributed by atoms with Crippen molar-refractivity contribution < 1.29 is 4.92 Å². The summed E-state index contributed by atoms with van der Waals surface area (Å²) in [5.41, 5.74) is 0. The van der Waals surface area contributed by atoms with E-state index in [1.54, 1.807) is 0 Å². The van der Waals surface area contributed by atoms with Crippen LogP contribution in [0.1, 0.15) is 26.7 Å². The Labute approximate surface area is 70.1 Å². The molecule has 0 heterocycles. The van der Waals surface area contributed by atoms with Gasteiger partial charge in [0.15, 0.2) is 0 Å². The molecule has 0 rings (SSSR count). The fourth-order valence-corrected chi connectivity index (χ4v) is 0.694. The number of alkyl halides is 1. The molecule has 10 heavy (non-hydrogen) atoms. The monoisotopic (exact) mass is 211 g/mol. The van der Waals surface area contributed by atoms with Gasteiger partial charge in [0, 0.05) is 17.2 Å². The Morgan fingerprint density at radius 2 is 1.90 bits per heavy atom. The maximum Gasteiger partial charge on any atom is 0.201 e. The Morgan fingerprint density at radius 1 is 1.50 bits per heavy atom. The van der Waals surface area contributed by atoms with Crippen molar-refractivity contribution in [1.29, 1.82) is 0 Å². The van der Waals surface area contributed by atoms with Gasteiger partial charge < -0.3 is 0 Å². The zero-order valence-electron chi connectivity index (χ0n) is 6.47. The summed E-state index contributed by atoms with van der Waals surface area (Å²) in [6.45, 7) is 3.71. The van der Waals surface area contributed by atoms with Crippen molar-refractivity contribution >= 4 is 15.9 Å². The molecule has 0 bridgehead atoms. The molecule has 0 radical (unpaired) electrons. The van der Waals surface area contributed by atoms with E-state index < -0.39 is 0 Å². The molecule has 0 aromatic heterocycles. The van der Waals surface area contributed by atoms with Gasteiger partial charge in [-0.1, -0.05) is 29.3 Å². The predicted octanol–water partition coefficient (Wildman–Crippen LogP) is 2.46. The number of unbranched alkanes of at least 4 members (excludes halogenated alkanes) is 1. The summed E-state index contributed by atoms with van der Waals surface area (Å²) in [6, 6.07) is 0. The summed E-state index contributed by atoms with van der Waals surface area (Å²) in [6.07, 6.45) is 2.60. The normalized spacial score (nSPS) is 7.90. The molecule has 0 saturated carbocycles. The van der Waals surface area contributed by atoms with Crippen LogP contribution in [0.5, 0.6) is 0 Å². The van der Waals surface area contributed by atoms with E-state index in [9.17, 15) is 10.1 Å². The van der Waals surface area contributed by atoms with Gasteiger partial charge in [-0.3, -0.25) is 10.1 Å². The van der Waals surface area contributed by atoms with Crippen molar-refractivity contribution in [3.8, 4) is 0 Å². The molecule has 0 saturated heterocycles. The van der Waals surface area contributed by atoms with Crippen LogP contribution >= 0.6 is 15.9 Å². The third kappa shape index (κ3) is 24.8. The van der Waals surface area contributed by atoms with Gasteiger partial charge in [0.25, 0.3) is 0 Å². The third-order valence-electron chi connectivity index (χ3n) is 0.745. The van der Waals surface area contributed by atoms with Crippen molar-refractivity contribution in [3.63, 3.8) is 0 Å². The molecule has 3 nitrogen and oxygen atoms in total. The van der Waals surface area contributed by atoms with Crippen LogP contribution in [0, 0.1) is 10.1 Å². The van der Waals surface area contributed by atoms with E-state index in [0.717, 1.165) is 5.33 Å². The average molecular weight is 212 g/mol. The van der Waals surface area contributed by atoms with Crippen LogP contribution in [-0.2, 0) is 0 Å². The van der Waals surface area contributed by atoms with Gasteiger partial charge in [-0.25, -0.2) is 0 Å². The second-order valence-electron chi connectivity index (χ2n) is 1.69. The van der Waals surface area contributed by atoms with Gasteiger partial charge in [-0.05, 0) is 6.42 Å². The molecule has 0 aromatic carbocycles. The van der Waals surface area contributed by atoms with Gasteiger partial charge >= 0.3 is 0 Å². The first-order valence-corrected chi connectivity index (χ1v) is 4.48. The van der Waals surface area contributed by atoms with Crippen LogP contribution in [0.15, 0.2) is 0 Å². The van der Waals surface area contributed by atoms with Crippen LogP contribution < -0.4 is 0 Å². The van der Waals surface area contributed by atoms with E-state index >= 15 is 0 Å². The van der Waals surface area contributed by atoms with Crippen molar-refractivity contribution in [3.05, 3.63) is 10.1 Å². The molecular weight excluding hydrogens is 198 g/mol. The van der Waals surface area contributed by atoms with Crippen molar-refractivity contribution in [2.45, 2.75) is 26.7 Å². The molecule has 0 spiro atoms. The first kappa shape index (κ1) is 12.5. The topological polar surface area (TPSA) is 43.1 Å². The highest BCUT2D eigenvalue weighted by Crippen LogP contribution is 1.89. The summed E-state index contributed by atoms with van der Waals surface area (Å²) in [5, 5.41) is 10.3. The van der Waals surface area contributed by atoms with Crippen LogP contribution in [-0.4, -0.2) is 16.8 Å². The lowest BCUT2D eigenvalue weighted by molar-refractivity contribution is -0.475. The quantitative estimate of drug-likeness (QED) is 0.409. The molecular formula is C6H14BrNO2. The second-order valence-corrected chi connectivity index (χ2v) is 2.48. The van der Waals surface area contributed by atoms with Crippen LogP contribution in [0.25, 0.3) is 0 Å². The zero-order chi connectivity index (χ0) is 8.41. The fraction of sp³-hybridized carbons (Fsp3) is 1.00. The number of rotatable bonds is 3. The van der Waals surface area contributed by atoms with E-state index in [-0.39, 0.29) is 11.5 Å². The third-order valence-corrected chi connectivity index (χ3v) is 1.31. The minimum Gasteiger partial charge on any atom is -0.265 e. The molecule has 0 aliphatic rings. The molecule has 0 N–H and O–H groups in total. The van der Waals surface area contributed by atoms with Gasteiger partial charge in [0.1, 0.15) is 0 Å². The van der Waals surface area contributed by atoms with Crippen molar-refractivity contribution in [2.24, 2.45) is 0 Å². The zero-order valence-corrected chi connectivity index (χ0v) is 8.06. The van der Waals surface area contributed by atoms with E-state index in [1.807, 2.05) is 0 Å². The number of nitrogens with zero attached hydrogens (tertiary/aromatic N) is 1. The van der Waals surface area contributed by atoms with E-state index in [2.05, 4.69) is 22.9 Å². The van der Waals surface area contributed by atoms with Crippen LogP contribution in [0.3, 0.4) is 0 Å². The largest absolute Gasteiger partial charge is 0.265 e. The maximum absolute atomic E-state index is 9.17. The molecule has 0 aromatic rings. The number of hydrogen-bond acceptors (Lipinski definition) is 2. The lowest BCUT2D eigenvalue weighted by atomic mass is 10.4. The van der Waals surface area contributed by atoms with Gasteiger partial charge in [-0.15, -0.1) is 0 Å². The standard InChI is InChI=1S/C4H9Br.C2H5NO2/c1-2-3-4-5;1-2-3(4)5/h2-4H2,1H3;2H2,1H3. The maximum atomic E-state index is 9.17. The number of nitro groups is 1. The van der Waals surface area contributed by atoms with E-state index in [1.165, 1.54) is 19.8 Å². The highest BCUT2D eigenvalue weighted by atomic mass is 79.9. The van der Waals surface area contributed by atoms with Crippen LogP contribution in [0.4, 0.5) is 0 Å². The Bertz CT molecular complexity index is 76.1. The van der Waals surface area contributed by atoms with Gasteiger partial charge in [0.2, 0.25) is 6.54 Å². The molecule has 0 unspecified atom stereocenters. The van der Waals surface area contributed by atoms with Crippen molar-refractivity contribution in [2.75, 3.05) is 11.9 Å². The van der Waals surface area contributed by atoms with Crippen molar-refractivity contribution in [1.82, 2.24) is 0 Å². The smallest absolute Gasteiger partial charge is 0.201 e. The molecule has 4 heteroatoms. The SMILES string of the molecule is CCCCBr.CC[N+](=O)[O-]. The first-order chi connectivity index (χ1) is 4.68. The highest BCUT2D eigenvalue weighted by molar-refractivity contribution is 9.09. The molecule has 62 valence electrons. The molecule has 0 amide bonds. The average Bonchev–Trinajstić information content (AvgIpc) is 1.91. The summed E-state index contributed by atoms with van der Waals surface area (Å²) in [4.78, 5) is 8.80. The minimum atomic E-state index is -0.375. The van der Waals surface area contributed by atoms with Crippen LogP contribution in [0.2, 0.25) is 0 Å². The minimum absolute atomic E-state index is 0.0278. The number of halogens is 1. The molecule has 0 fully saturated rings. The Morgan fingerprint density at radius 3 is 1.90 bits per heavy atom. The van der Waals surface area contributed by atoms with E-state index in [4.69, 9.17) is 0 Å². The summed E-state index contributed by atoms with van der Waals surface area (Å²) >= 11 is 3.31.